The first kappa shape index (κ1) is 27.6. The predicted octanol–water partition coefficient (Wildman–Crippen LogP) is 5.01. The second-order valence-corrected chi connectivity index (χ2v) is 10.4. The molecule has 3 heterocycles. The third kappa shape index (κ3) is 4.69. The van der Waals surface area contributed by atoms with Crippen molar-refractivity contribution in [3.05, 3.63) is 76.3 Å². The van der Waals surface area contributed by atoms with Gasteiger partial charge in [-0.15, -0.1) is 0 Å². The van der Waals surface area contributed by atoms with Crippen molar-refractivity contribution in [2.24, 2.45) is 7.05 Å². The van der Waals surface area contributed by atoms with Crippen molar-refractivity contribution in [2.75, 3.05) is 25.1 Å². The lowest BCUT2D eigenvalue weighted by molar-refractivity contribution is -0.177. The normalized spacial score (nSPS) is 18.6. The Bertz CT molecular complexity index is 1670. The van der Waals surface area contributed by atoms with E-state index < -0.39 is 23.9 Å². The topological polar surface area (TPSA) is 92.8 Å². The van der Waals surface area contributed by atoms with E-state index in [4.69, 9.17) is 16.3 Å². The molecule has 12 heteroatoms. The van der Waals surface area contributed by atoms with E-state index in [-0.39, 0.29) is 57.7 Å². The Labute approximate surface area is 232 Å². The van der Waals surface area contributed by atoms with E-state index >= 15 is 0 Å². The molecule has 1 saturated heterocycles. The van der Waals surface area contributed by atoms with E-state index in [0.29, 0.717) is 11.3 Å². The zero-order chi connectivity index (χ0) is 29.0. The lowest BCUT2D eigenvalue weighted by Crippen LogP contribution is -2.58. The summed E-state index contributed by atoms with van der Waals surface area (Å²) in [5.41, 5.74) is -1.01. The van der Waals surface area contributed by atoms with Gasteiger partial charge < -0.3 is 24.4 Å². The highest BCUT2D eigenvalue weighted by atomic mass is 35.5. The molecule has 4 aromatic rings. The fourth-order valence-corrected chi connectivity index (χ4v) is 5.03. The quantitative estimate of drug-likeness (QED) is 0.348. The molecular weight excluding hydrogens is 549 g/mol. The molecule has 1 atom stereocenters. The first-order chi connectivity index (χ1) is 18.8. The molecule has 0 unspecified atom stereocenters. The van der Waals surface area contributed by atoms with Gasteiger partial charge in [0.1, 0.15) is 22.9 Å². The molecule has 1 aliphatic rings. The Kier molecular flexibility index (Phi) is 6.83. The van der Waals surface area contributed by atoms with Gasteiger partial charge in [-0.3, -0.25) is 4.57 Å². The van der Waals surface area contributed by atoms with Crippen molar-refractivity contribution in [3.63, 3.8) is 0 Å². The summed E-state index contributed by atoms with van der Waals surface area (Å²) in [6, 6.07) is 8.43. The minimum absolute atomic E-state index is 0.0655. The highest BCUT2D eigenvalue weighted by molar-refractivity contribution is 6.32. The Morgan fingerprint density at radius 1 is 1.07 bits per heavy atom. The van der Waals surface area contributed by atoms with Crippen LogP contribution in [0, 0.1) is 5.82 Å². The van der Waals surface area contributed by atoms with Crippen LogP contribution in [0.4, 0.5) is 18.9 Å². The zero-order valence-corrected chi connectivity index (χ0v) is 22.6. The Morgan fingerprint density at radius 2 is 1.77 bits per heavy atom. The Hall–Kier alpha value is -3.96. The van der Waals surface area contributed by atoms with Crippen LogP contribution < -0.4 is 15.3 Å². The monoisotopic (exact) mass is 574 g/mol. The van der Waals surface area contributed by atoms with Gasteiger partial charge in [-0.05, 0) is 49.2 Å². The van der Waals surface area contributed by atoms with Crippen LogP contribution in [0.2, 0.25) is 5.02 Å². The molecule has 5 rings (SSSR count). The summed E-state index contributed by atoms with van der Waals surface area (Å²) in [6.07, 6.45) is 4.29. The zero-order valence-electron chi connectivity index (χ0n) is 21.8. The second-order valence-electron chi connectivity index (χ2n) is 9.98. The molecule has 2 N–H and O–H groups in total. The van der Waals surface area contributed by atoms with Crippen molar-refractivity contribution < 1.29 is 28.1 Å². The first-order valence-corrected chi connectivity index (χ1v) is 12.7. The van der Waals surface area contributed by atoms with Crippen LogP contribution in [0.25, 0.3) is 27.9 Å². The van der Waals surface area contributed by atoms with E-state index in [1.165, 1.54) is 39.5 Å². The van der Waals surface area contributed by atoms with Crippen molar-refractivity contribution >= 4 is 17.3 Å². The van der Waals surface area contributed by atoms with Gasteiger partial charge in [0.25, 0.3) is 5.92 Å². The number of ether oxygens (including phenoxy) is 1. The minimum Gasteiger partial charge on any atom is -0.507 e. The van der Waals surface area contributed by atoms with E-state index in [1.807, 2.05) is 0 Å². The first-order valence-electron chi connectivity index (χ1n) is 12.3. The average molecular weight is 575 g/mol. The van der Waals surface area contributed by atoms with Crippen LogP contribution >= 0.6 is 11.6 Å². The predicted molar refractivity (Wildman–Crippen MR) is 145 cm³/mol. The number of imidazole rings is 1. The maximum absolute atomic E-state index is 14.9. The van der Waals surface area contributed by atoms with Gasteiger partial charge in [0, 0.05) is 48.9 Å². The van der Waals surface area contributed by atoms with Crippen LogP contribution in [0.3, 0.4) is 0 Å². The summed E-state index contributed by atoms with van der Waals surface area (Å²) < 4.78 is 52.2. The molecule has 0 amide bonds. The molecule has 2 aromatic heterocycles. The molecule has 0 radical (unpaired) electrons. The fraction of sp³-hybridized carbons (Fsp3) is 0.286. The summed E-state index contributed by atoms with van der Waals surface area (Å²) >= 11 is 6.47. The molecule has 210 valence electrons. The minimum atomic E-state index is -3.41. The number of alkyl halides is 2. The van der Waals surface area contributed by atoms with E-state index in [2.05, 4.69) is 4.98 Å². The van der Waals surface area contributed by atoms with Crippen molar-refractivity contribution in [1.29, 1.82) is 0 Å². The molecule has 0 spiro atoms. The van der Waals surface area contributed by atoms with Crippen molar-refractivity contribution in [3.8, 4) is 39.6 Å². The van der Waals surface area contributed by atoms with Gasteiger partial charge in [0.2, 0.25) is 5.88 Å². The average Bonchev–Trinajstić information content (AvgIpc) is 3.24. The number of aromatic hydroxyl groups is 1. The number of methoxy groups -OCH3 is 1. The van der Waals surface area contributed by atoms with Gasteiger partial charge in [-0.25, -0.2) is 22.9 Å². The van der Waals surface area contributed by atoms with Crippen molar-refractivity contribution in [1.82, 2.24) is 14.1 Å². The molecule has 0 aliphatic carbocycles. The van der Waals surface area contributed by atoms with E-state index in [9.17, 15) is 28.2 Å². The fourth-order valence-electron chi connectivity index (χ4n) is 4.76. The highest BCUT2D eigenvalue weighted by Crippen LogP contribution is 2.44. The summed E-state index contributed by atoms with van der Waals surface area (Å²) in [5, 5.41) is 21.6. The molecule has 0 saturated carbocycles. The Balaban J connectivity index is 1.56. The number of nitrogens with zero attached hydrogens (tertiary/aromatic N) is 4. The lowest BCUT2D eigenvalue weighted by Gasteiger charge is -2.43. The number of aromatic nitrogens is 3. The van der Waals surface area contributed by atoms with E-state index in [1.54, 1.807) is 31.6 Å². The number of hydrogen-bond donors (Lipinski definition) is 2. The smallest absolute Gasteiger partial charge is 0.332 e. The number of rotatable bonds is 5. The summed E-state index contributed by atoms with van der Waals surface area (Å²) in [4.78, 5) is 17.9. The van der Waals surface area contributed by atoms with Crippen LogP contribution in [0.15, 0.2) is 59.8 Å². The largest absolute Gasteiger partial charge is 0.507 e. The Morgan fingerprint density at radius 3 is 2.38 bits per heavy atom. The standard InChI is InChI=1S/C28H26ClF3N4O4/c1-27(39)6-7-35(15-28(27,31)32)23-11-17(14-33-25(23)40-3)20-13-18(30)12-19(24(20)37)16-4-5-22(21(29)10-16)36-9-8-34(2)26(36)38/h4-5,8-14,37,39H,6-7,15H2,1-3H3/t27-/m1/s1. The maximum Gasteiger partial charge on any atom is 0.332 e. The number of anilines is 1. The second kappa shape index (κ2) is 9.90. The third-order valence-electron chi connectivity index (χ3n) is 7.26. The molecule has 2 aromatic carbocycles. The molecular formula is C28H26ClF3N4O4. The van der Waals surface area contributed by atoms with Crippen molar-refractivity contribution in [2.45, 2.75) is 24.9 Å². The molecule has 1 fully saturated rings. The summed E-state index contributed by atoms with van der Waals surface area (Å²) in [6.45, 7) is 0.413. The van der Waals surface area contributed by atoms with Crippen LogP contribution in [0.1, 0.15) is 13.3 Å². The number of phenols is 1. The highest BCUT2D eigenvalue weighted by Gasteiger charge is 2.53. The number of benzene rings is 2. The van der Waals surface area contributed by atoms with Gasteiger partial charge in [-0.2, -0.15) is 0 Å². The summed E-state index contributed by atoms with van der Waals surface area (Å²) in [7, 11) is 2.95. The van der Waals surface area contributed by atoms with Gasteiger partial charge >= 0.3 is 5.69 Å². The van der Waals surface area contributed by atoms with E-state index in [0.717, 1.165) is 19.1 Å². The molecule has 0 bridgehead atoms. The number of aryl methyl sites for hydroxylation is 1. The molecule has 8 nitrogen and oxygen atoms in total. The lowest BCUT2D eigenvalue weighted by atomic mass is 9.89. The summed E-state index contributed by atoms with van der Waals surface area (Å²) in [5.74, 6) is -4.29. The van der Waals surface area contributed by atoms with Gasteiger partial charge in [0.05, 0.1) is 24.4 Å². The maximum atomic E-state index is 14.9. The van der Waals surface area contributed by atoms with Gasteiger partial charge in [0.15, 0.2) is 0 Å². The van der Waals surface area contributed by atoms with Crippen LogP contribution in [-0.2, 0) is 7.05 Å². The number of pyridine rings is 1. The molecule has 40 heavy (non-hydrogen) atoms. The number of halogens is 4. The third-order valence-corrected chi connectivity index (χ3v) is 7.57. The number of phenolic OH excluding ortho intramolecular Hbond substituents is 1. The van der Waals surface area contributed by atoms with Crippen LogP contribution in [0.5, 0.6) is 11.6 Å². The number of aliphatic hydroxyl groups is 1. The number of piperidine rings is 1. The number of hydrogen-bond acceptors (Lipinski definition) is 6. The SMILES string of the molecule is COc1ncc(-c2cc(F)cc(-c3ccc(-n4ccn(C)c4=O)c(Cl)c3)c2O)cc1N1CC[C@@](C)(O)C(F)(F)C1. The van der Waals surface area contributed by atoms with Gasteiger partial charge in [-0.1, -0.05) is 17.7 Å². The molecule has 1 aliphatic heterocycles. The van der Waals surface area contributed by atoms with Crippen LogP contribution in [-0.4, -0.2) is 56.1 Å².